The van der Waals surface area contributed by atoms with E-state index in [1.807, 2.05) is 0 Å². The third-order valence-electron chi connectivity index (χ3n) is 6.19. The van der Waals surface area contributed by atoms with Crippen molar-refractivity contribution in [3.05, 3.63) is 0 Å². The van der Waals surface area contributed by atoms with Crippen LogP contribution in [0.1, 0.15) is 52.4 Å². The summed E-state index contributed by atoms with van der Waals surface area (Å²) in [6, 6.07) is 0. The Balaban J connectivity index is 1.70. The van der Waals surface area contributed by atoms with Crippen LogP contribution >= 0.6 is 0 Å². The molecule has 3 nitrogen and oxygen atoms in total. The van der Waals surface area contributed by atoms with Gasteiger partial charge in [-0.1, -0.05) is 6.92 Å². The highest BCUT2D eigenvalue weighted by atomic mass is 16.2. The summed E-state index contributed by atoms with van der Waals surface area (Å²) < 4.78 is 0. The normalized spacial score (nSPS) is 43.0. The lowest BCUT2D eigenvalue weighted by Crippen LogP contribution is -2.57. The van der Waals surface area contributed by atoms with Crippen molar-refractivity contribution in [1.29, 1.82) is 0 Å². The second-order valence-electron chi connectivity index (χ2n) is 7.56. The molecule has 0 radical (unpaired) electrons. The summed E-state index contributed by atoms with van der Waals surface area (Å²) in [5, 5.41) is 3.26. The topological polar surface area (TPSA) is 55.1 Å². The zero-order valence-electron chi connectivity index (χ0n) is 12.3. The number of nitrogens with two attached hydrogens (primary N) is 1. The van der Waals surface area contributed by atoms with Crippen molar-refractivity contribution in [2.45, 2.75) is 57.9 Å². The molecule has 4 saturated carbocycles. The van der Waals surface area contributed by atoms with E-state index < -0.39 is 0 Å². The second-order valence-corrected chi connectivity index (χ2v) is 7.56. The monoisotopic (exact) mass is 264 g/mol. The van der Waals surface area contributed by atoms with Crippen molar-refractivity contribution in [1.82, 2.24) is 5.32 Å². The van der Waals surface area contributed by atoms with Crippen molar-refractivity contribution < 1.29 is 4.79 Å². The van der Waals surface area contributed by atoms with Crippen LogP contribution in [0.4, 0.5) is 0 Å². The highest BCUT2D eigenvalue weighted by Gasteiger charge is 2.51. The van der Waals surface area contributed by atoms with E-state index in [4.69, 9.17) is 5.73 Å². The Morgan fingerprint density at radius 2 is 1.68 bits per heavy atom. The van der Waals surface area contributed by atoms with Gasteiger partial charge in [0.15, 0.2) is 0 Å². The molecule has 4 aliphatic carbocycles. The minimum Gasteiger partial charge on any atom is -0.349 e. The van der Waals surface area contributed by atoms with Gasteiger partial charge in [-0.3, -0.25) is 4.79 Å². The molecule has 3 N–H and O–H groups in total. The molecule has 4 fully saturated rings. The van der Waals surface area contributed by atoms with E-state index in [1.165, 1.54) is 32.1 Å². The molecule has 0 aromatic rings. The quantitative estimate of drug-likeness (QED) is 0.818. The molecule has 0 aliphatic heterocycles. The van der Waals surface area contributed by atoms with Gasteiger partial charge in [0, 0.05) is 18.0 Å². The Labute approximate surface area is 116 Å². The average Bonchev–Trinajstić information content (AvgIpc) is 2.37. The third-order valence-corrected chi connectivity index (χ3v) is 6.19. The van der Waals surface area contributed by atoms with E-state index in [1.54, 1.807) is 0 Å². The SMILES string of the molecule is CCC(C)(CN)NC(=O)C1C2CC3CC(C2)CC1C3. The molecule has 19 heavy (non-hydrogen) atoms. The molecule has 4 aliphatic rings. The Bertz CT molecular complexity index is 334. The van der Waals surface area contributed by atoms with Crippen LogP contribution in [0.3, 0.4) is 0 Å². The molecular formula is C16H28N2O. The largest absolute Gasteiger partial charge is 0.349 e. The fourth-order valence-electron chi connectivity index (χ4n) is 5.02. The number of amides is 1. The standard InChI is InChI=1S/C16H28N2O/c1-3-16(2,9-17)18-15(19)14-12-5-10-4-11(7-12)8-13(14)6-10/h10-14H,3-9,17H2,1-2H3,(H,18,19). The Hall–Kier alpha value is -0.570. The Kier molecular flexibility index (Phi) is 3.36. The molecule has 108 valence electrons. The molecule has 0 aromatic heterocycles. The van der Waals surface area contributed by atoms with E-state index >= 15 is 0 Å². The van der Waals surface area contributed by atoms with Gasteiger partial charge in [0.05, 0.1) is 0 Å². The zero-order valence-corrected chi connectivity index (χ0v) is 12.3. The fraction of sp³-hybridized carbons (Fsp3) is 0.938. The molecule has 3 heteroatoms. The molecule has 1 atom stereocenters. The highest BCUT2D eigenvalue weighted by molar-refractivity contribution is 5.80. The number of nitrogens with one attached hydrogen (secondary N) is 1. The smallest absolute Gasteiger partial charge is 0.224 e. The lowest BCUT2D eigenvalue weighted by Gasteiger charge is -2.54. The van der Waals surface area contributed by atoms with Crippen molar-refractivity contribution in [3.8, 4) is 0 Å². The Morgan fingerprint density at radius 3 is 2.11 bits per heavy atom. The zero-order chi connectivity index (χ0) is 13.6. The van der Waals surface area contributed by atoms with Crippen LogP contribution in [0.5, 0.6) is 0 Å². The van der Waals surface area contributed by atoms with Gasteiger partial charge in [0.2, 0.25) is 5.91 Å². The maximum absolute atomic E-state index is 12.7. The molecule has 0 aromatic carbocycles. The molecule has 0 spiro atoms. The van der Waals surface area contributed by atoms with Crippen LogP contribution in [0.2, 0.25) is 0 Å². The van der Waals surface area contributed by atoms with Crippen LogP contribution in [0.15, 0.2) is 0 Å². The summed E-state index contributed by atoms with van der Waals surface area (Å²) in [4.78, 5) is 12.7. The molecular weight excluding hydrogens is 236 g/mol. The molecule has 1 amide bonds. The number of hydrogen-bond acceptors (Lipinski definition) is 2. The molecule has 4 rings (SSSR count). The van der Waals surface area contributed by atoms with E-state index in [0.717, 1.165) is 18.3 Å². The van der Waals surface area contributed by atoms with Gasteiger partial charge in [-0.2, -0.15) is 0 Å². The summed E-state index contributed by atoms with van der Waals surface area (Å²) in [5.41, 5.74) is 5.61. The second kappa shape index (κ2) is 4.76. The van der Waals surface area contributed by atoms with Gasteiger partial charge in [-0.15, -0.1) is 0 Å². The summed E-state index contributed by atoms with van der Waals surface area (Å²) in [6.07, 6.45) is 7.56. The van der Waals surface area contributed by atoms with Crippen molar-refractivity contribution in [3.63, 3.8) is 0 Å². The lowest BCUT2D eigenvalue weighted by molar-refractivity contribution is -0.139. The number of carbonyl (C=O) groups excluding carboxylic acids is 1. The summed E-state index contributed by atoms with van der Waals surface area (Å²) in [6.45, 7) is 4.70. The van der Waals surface area contributed by atoms with Gasteiger partial charge in [0.25, 0.3) is 0 Å². The number of carbonyl (C=O) groups is 1. The van der Waals surface area contributed by atoms with Crippen LogP contribution in [0, 0.1) is 29.6 Å². The lowest BCUT2D eigenvalue weighted by atomic mass is 9.51. The van der Waals surface area contributed by atoms with Gasteiger partial charge in [0.1, 0.15) is 0 Å². The van der Waals surface area contributed by atoms with Crippen molar-refractivity contribution in [2.75, 3.05) is 6.54 Å². The van der Waals surface area contributed by atoms with Gasteiger partial charge in [-0.05, 0) is 69.1 Å². The van der Waals surface area contributed by atoms with Crippen molar-refractivity contribution >= 4 is 5.91 Å². The van der Waals surface area contributed by atoms with Crippen LogP contribution < -0.4 is 11.1 Å². The predicted molar refractivity (Wildman–Crippen MR) is 76.4 cm³/mol. The highest BCUT2D eigenvalue weighted by Crippen LogP contribution is 2.56. The van der Waals surface area contributed by atoms with Crippen LogP contribution in [-0.4, -0.2) is 18.0 Å². The summed E-state index contributed by atoms with van der Waals surface area (Å²) in [7, 11) is 0. The number of rotatable bonds is 4. The van der Waals surface area contributed by atoms with E-state index in [0.29, 0.717) is 24.3 Å². The average molecular weight is 264 g/mol. The molecule has 0 heterocycles. The van der Waals surface area contributed by atoms with Crippen LogP contribution in [0.25, 0.3) is 0 Å². The molecule has 4 bridgehead atoms. The van der Waals surface area contributed by atoms with E-state index in [2.05, 4.69) is 19.2 Å². The first kappa shape index (κ1) is 13.4. The first-order valence-electron chi connectivity index (χ1n) is 8.06. The van der Waals surface area contributed by atoms with E-state index in [9.17, 15) is 4.79 Å². The van der Waals surface area contributed by atoms with E-state index in [-0.39, 0.29) is 11.5 Å². The maximum Gasteiger partial charge on any atom is 0.224 e. The molecule has 0 saturated heterocycles. The summed E-state index contributed by atoms with van der Waals surface area (Å²) in [5.74, 6) is 3.76. The minimum absolute atomic E-state index is 0.217. The molecule has 1 unspecified atom stereocenters. The Morgan fingerprint density at radius 1 is 1.16 bits per heavy atom. The summed E-state index contributed by atoms with van der Waals surface area (Å²) >= 11 is 0. The number of hydrogen-bond donors (Lipinski definition) is 2. The van der Waals surface area contributed by atoms with Gasteiger partial charge < -0.3 is 11.1 Å². The minimum atomic E-state index is -0.217. The first-order chi connectivity index (χ1) is 9.04. The first-order valence-corrected chi connectivity index (χ1v) is 8.06. The van der Waals surface area contributed by atoms with Gasteiger partial charge in [-0.25, -0.2) is 0 Å². The van der Waals surface area contributed by atoms with Gasteiger partial charge >= 0.3 is 0 Å². The van der Waals surface area contributed by atoms with Crippen LogP contribution in [-0.2, 0) is 4.79 Å². The van der Waals surface area contributed by atoms with Crippen molar-refractivity contribution in [2.24, 2.45) is 35.3 Å². The predicted octanol–water partition coefficient (Wildman–Crippen LogP) is 2.30. The fourth-order valence-corrected chi connectivity index (χ4v) is 5.02. The third kappa shape index (κ3) is 2.31. The maximum atomic E-state index is 12.7.